The van der Waals surface area contributed by atoms with Crippen molar-refractivity contribution in [1.29, 1.82) is 0 Å². The molecule has 174 valence electrons. The maximum Gasteiger partial charge on any atom is 0.223 e. The second-order valence-electron chi connectivity index (χ2n) is 8.14. The zero-order valence-corrected chi connectivity index (χ0v) is 21.5. The molecule has 1 aliphatic rings. The Morgan fingerprint density at radius 3 is 2.47 bits per heavy atom. The molecule has 1 fully saturated rings. The summed E-state index contributed by atoms with van der Waals surface area (Å²) in [5.74, 6) is 1.39. The highest BCUT2D eigenvalue weighted by Gasteiger charge is 2.29. The molecule has 2 aromatic carbocycles. The third kappa shape index (κ3) is 8.33. The molecule has 6 nitrogen and oxygen atoms in total. The molecule has 7 heteroatoms. The van der Waals surface area contributed by atoms with Crippen LogP contribution >= 0.6 is 24.0 Å². The monoisotopic (exact) mass is 549 g/mol. The Morgan fingerprint density at radius 2 is 1.78 bits per heavy atom. The Morgan fingerprint density at radius 1 is 1.09 bits per heavy atom. The van der Waals surface area contributed by atoms with E-state index in [0.717, 1.165) is 51.5 Å². The van der Waals surface area contributed by atoms with E-state index in [2.05, 4.69) is 64.0 Å². The minimum Gasteiger partial charge on any atom is -0.375 e. The van der Waals surface area contributed by atoms with E-state index in [0.29, 0.717) is 12.3 Å². The molecule has 1 amide bonds. The third-order valence-corrected chi connectivity index (χ3v) is 5.75. The van der Waals surface area contributed by atoms with E-state index >= 15 is 0 Å². The van der Waals surface area contributed by atoms with E-state index in [1.165, 1.54) is 11.3 Å². The van der Waals surface area contributed by atoms with E-state index in [4.69, 9.17) is 0 Å². The summed E-state index contributed by atoms with van der Waals surface area (Å²) < 4.78 is 0. The van der Waals surface area contributed by atoms with Gasteiger partial charge < -0.3 is 20.4 Å². The Hall–Kier alpha value is -2.29. The molecule has 0 spiro atoms. The van der Waals surface area contributed by atoms with Crippen molar-refractivity contribution in [2.24, 2.45) is 10.9 Å². The van der Waals surface area contributed by atoms with Crippen LogP contribution in [0.2, 0.25) is 0 Å². The highest BCUT2D eigenvalue weighted by molar-refractivity contribution is 14.0. The van der Waals surface area contributed by atoms with Gasteiger partial charge in [0, 0.05) is 64.8 Å². The van der Waals surface area contributed by atoms with Gasteiger partial charge in [-0.05, 0) is 30.5 Å². The number of carbonyl (C=O) groups excluding carboxylic acids is 1. The van der Waals surface area contributed by atoms with Gasteiger partial charge in [0.1, 0.15) is 0 Å². The highest BCUT2D eigenvalue weighted by atomic mass is 127. The van der Waals surface area contributed by atoms with Crippen molar-refractivity contribution in [1.82, 2.24) is 15.5 Å². The quantitative estimate of drug-likeness (QED) is 0.207. The van der Waals surface area contributed by atoms with Crippen molar-refractivity contribution in [3.05, 3.63) is 66.2 Å². The number of likely N-dealkylation sites (tertiary alicyclic amines) is 1. The number of rotatable bonds is 10. The van der Waals surface area contributed by atoms with Crippen LogP contribution in [0.5, 0.6) is 0 Å². The predicted molar refractivity (Wildman–Crippen MR) is 144 cm³/mol. The lowest BCUT2D eigenvalue weighted by Gasteiger charge is -2.20. The number of halogens is 1. The minimum absolute atomic E-state index is 0. The molecule has 3 rings (SSSR count). The maximum atomic E-state index is 12.4. The van der Waals surface area contributed by atoms with Gasteiger partial charge in [-0.25, -0.2) is 0 Å². The van der Waals surface area contributed by atoms with Gasteiger partial charge >= 0.3 is 0 Å². The minimum atomic E-state index is 0. The predicted octanol–water partition coefficient (Wildman–Crippen LogP) is 3.39. The molecule has 1 aliphatic heterocycles. The Kier molecular flexibility index (Phi) is 11.3. The molecular weight excluding hydrogens is 513 g/mol. The smallest absolute Gasteiger partial charge is 0.223 e. The number of para-hydroxylation sites is 1. The lowest BCUT2D eigenvalue weighted by molar-refractivity contribution is -0.127. The fourth-order valence-electron chi connectivity index (χ4n) is 3.91. The average Bonchev–Trinajstić information content (AvgIpc) is 3.17. The molecule has 2 aromatic rings. The largest absolute Gasteiger partial charge is 0.375 e. The molecular formula is C25H36IN5O. The van der Waals surface area contributed by atoms with Gasteiger partial charge in [0.25, 0.3) is 0 Å². The maximum absolute atomic E-state index is 12.4. The van der Waals surface area contributed by atoms with E-state index in [-0.39, 0.29) is 29.9 Å². The standard InChI is InChI=1S/C25H35N5O.HI/c1-26-25(27-15-9-16-29(2)23-12-7-4-8-13-23)28-19-22-18-24(31)30(20-22)17-14-21-10-5-3-6-11-21;/h3-8,10-13,22H,9,14-20H2,1-2H3,(H2,26,27,28);1H. The van der Waals surface area contributed by atoms with Gasteiger partial charge in [0.2, 0.25) is 5.91 Å². The summed E-state index contributed by atoms with van der Waals surface area (Å²) in [7, 11) is 3.90. The van der Waals surface area contributed by atoms with E-state index in [1.54, 1.807) is 7.05 Å². The summed E-state index contributed by atoms with van der Waals surface area (Å²) in [5, 5.41) is 6.78. The van der Waals surface area contributed by atoms with E-state index < -0.39 is 0 Å². The zero-order chi connectivity index (χ0) is 21.9. The van der Waals surface area contributed by atoms with Gasteiger partial charge in [-0.15, -0.1) is 24.0 Å². The van der Waals surface area contributed by atoms with Crippen LogP contribution in [0.25, 0.3) is 0 Å². The van der Waals surface area contributed by atoms with Crippen LogP contribution in [0.3, 0.4) is 0 Å². The van der Waals surface area contributed by atoms with Crippen LogP contribution in [0, 0.1) is 5.92 Å². The molecule has 2 N–H and O–H groups in total. The fraction of sp³-hybridized carbons (Fsp3) is 0.440. The van der Waals surface area contributed by atoms with Crippen LogP contribution < -0.4 is 15.5 Å². The van der Waals surface area contributed by atoms with E-state index in [9.17, 15) is 4.79 Å². The number of nitrogens with one attached hydrogen (secondary N) is 2. The van der Waals surface area contributed by atoms with Gasteiger partial charge in [-0.3, -0.25) is 9.79 Å². The second-order valence-corrected chi connectivity index (χ2v) is 8.14. The van der Waals surface area contributed by atoms with Gasteiger partial charge in [0.15, 0.2) is 5.96 Å². The number of anilines is 1. The van der Waals surface area contributed by atoms with Crippen LogP contribution in [-0.2, 0) is 11.2 Å². The average molecular weight is 550 g/mol. The molecule has 32 heavy (non-hydrogen) atoms. The van der Waals surface area contributed by atoms with Crippen molar-refractivity contribution in [2.45, 2.75) is 19.3 Å². The Balaban J connectivity index is 0.00000363. The molecule has 0 radical (unpaired) electrons. The summed E-state index contributed by atoms with van der Waals surface area (Å²) in [6.07, 6.45) is 2.54. The Bertz CT molecular complexity index is 831. The van der Waals surface area contributed by atoms with Crippen LogP contribution in [0.4, 0.5) is 5.69 Å². The summed E-state index contributed by atoms with van der Waals surface area (Å²) in [5.41, 5.74) is 2.51. The van der Waals surface area contributed by atoms with Crippen molar-refractivity contribution in [3.63, 3.8) is 0 Å². The number of hydrogen-bond acceptors (Lipinski definition) is 3. The number of aliphatic imine (C=N–C) groups is 1. The first-order chi connectivity index (χ1) is 15.2. The van der Waals surface area contributed by atoms with Crippen LogP contribution in [-0.4, -0.2) is 63.6 Å². The molecule has 0 aromatic heterocycles. The lowest BCUT2D eigenvalue weighted by atomic mass is 10.1. The van der Waals surface area contributed by atoms with Crippen molar-refractivity contribution >= 4 is 41.5 Å². The normalized spacial score (nSPS) is 15.9. The van der Waals surface area contributed by atoms with Gasteiger partial charge in [0.05, 0.1) is 0 Å². The number of guanidine groups is 1. The van der Waals surface area contributed by atoms with Crippen molar-refractivity contribution in [2.75, 3.05) is 51.7 Å². The van der Waals surface area contributed by atoms with Crippen LogP contribution in [0.1, 0.15) is 18.4 Å². The molecule has 0 bridgehead atoms. The highest BCUT2D eigenvalue weighted by Crippen LogP contribution is 2.17. The summed E-state index contributed by atoms with van der Waals surface area (Å²) in [4.78, 5) is 20.9. The SMILES string of the molecule is CN=C(NCCCN(C)c1ccccc1)NCC1CC(=O)N(CCc2ccccc2)C1.I. The number of nitrogens with zero attached hydrogens (tertiary/aromatic N) is 3. The van der Waals surface area contributed by atoms with Gasteiger partial charge in [-0.1, -0.05) is 48.5 Å². The second kappa shape index (κ2) is 14.0. The zero-order valence-electron chi connectivity index (χ0n) is 19.2. The summed E-state index contributed by atoms with van der Waals surface area (Å²) in [6, 6.07) is 20.8. The Labute approximate surface area is 209 Å². The molecule has 1 atom stereocenters. The summed E-state index contributed by atoms with van der Waals surface area (Å²) in [6.45, 7) is 4.20. The summed E-state index contributed by atoms with van der Waals surface area (Å²) >= 11 is 0. The first-order valence-electron chi connectivity index (χ1n) is 11.2. The number of benzene rings is 2. The van der Waals surface area contributed by atoms with E-state index in [1.807, 2.05) is 29.2 Å². The molecule has 0 saturated carbocycles. The first kappa shape index (κ1) is 26.0. The fourth-order valence-corrected chi connectivity index (χ4v) is 3.91. The molecule has 1 saturated heterocycles. The topological polar surface area (TPSA) is 60.0 Å². The van der Waals surface area contributed by atoms with Crippen LogP contribution in [0.15, 0.2) is 65.7 Å². The molecule has 0 aliphatic carbocycles. The number of hydrogen-bond donors (Lipinski definition) is 2. The third-order valence-electron chi connectivity index (χ3n) is 5.75. The molecule has 1 unspecified atom stereocenters. The number of carbonyl (C=O) groups is 1. The number of amides is 1. The first-order valence-corrected chi connectivity index (χ1v) is 11.2. The molecule has 1 heterocycles. The lowest BCUT2D eigenvalue weighted by Crippen LogP contribution is -2.41. The van der Waals surface area contributed by atoms with Crippen molar-refractivity contribution < 1.29 is 4.79 Å². The van der Waals surface area contributed by atoms with Crippen molar-refractivity contribution in [3.8, 4) is 0 Å². The van der Waals surface area contributed by atoms with Gasteiger partial charge in [-0.2, -0.15) is 0 Å².